The monoisotopic (exact) mass is 232 g/mol. The van der Waals surface area contributed by atoms with Gasteiger partial charge in [0.25, 0.3) is 0 Å². The molecular formula is C13H13ClN2. The van der Waals surface area contributed by atoms with E-state index in [-0.39, 0.29) is 0 Å². The Kier molecular flexibility index (Phi) is 3.78. The second-order valence-corrected chi connectivity index (χ2v) is 3.93. The van der Waals surface area contributed by atoms with Crippen molar-refractivity contribution in [2.75, 3.05) is 11.9 Å². The van der Waals surface area contributed by atoms with Crippen LogP contribution in [0.25, 0.3) is 0 Å². The molecule has 0 bridgehead atoms. The van der Waals surface area contributed by atoms with Crippen LogP contribution in [0.2, 0.25) is 5.02 Å². The molecule has 0 aliphatic heterocycles. The summed E-state index contributed by atoms with van der Waals surface area (Å²) in [5.41, 5.74) is 2.20. The van der Waals surface area contributed by atoms with Gasteiger partial charge < -0.3 is 5.32 Å². The van der Waals surface area contributed by atoms with Crippen LogP contribution in [-0.2, 0) is 6.42 Å². The van der Waals surface area contributed by atoms with E-state index in [4.69, 9.17) is 11.6 Å². The van der Waals surface area contributed by atoms with Gasteiger partial charge in [0.1, 0.15) is 0 Å². The molecule has 82 valence electrons. The number of nitrogens with zero attached hydrogens (tertiary/aromatic N) is 1. The highest BCUT2D eigenvalue weighted by Crippen LogP contribution is 2.18. The van der Waals surface area contributed by atoms with E-state index in [1.54, 1.807) is 18.5 Å². The lowest BCUT2D eigenvalue weighted by Gasteiger charge is -2.07. The summed E-state index contributed by atoms with van der Waals surface area (Å²) in [4.78, 5) is 4.02. The second kappa shape index (κ2) is 5.52. The molecule has 0 spiro atoms. The van der Waals surface area contributed by atoms with Gasteiger partial charge in [-0.15, -0.1) is 0 Å². The molecule has 0 atom stereocenters. The molecule has 0 saturated carbocycles. The molecule has 0 aliphatic carbocycles. The number of benzene rings is 1. The summed E-state index contributed by atoms with van der Waals surface area (Å²) in [6, 6.07) is 12.1. The van der Waals surface area contributed by atoms with Crippen molar-refractivity contribution in [1.82, 2.24) is 4.98 Å². The molecule has 1 N–H and O–H groups in total. The van der Waals surface area contributed by atoms with Crippen LogP contribution in [0.4, 0.5) is 5.69 Å². The maximum absolute atomic E-state index is 6.00. The van der Waals surface area contributed by atoms with Gasteiger partial charge in [0, 0.05) is 12.7 Å². The van der Waals surface area contributed by atoms with Gasteiger partial charge in [-0.3, -0.25) is 4.98 Å². The number of nitrogens with one attached hydrogen (secondary N) is 1. The quantitative estimate of drug-likeness (QED) is 0.874. The topological polar surface area (TPSA) is 24.9 Å². The number of halogens is 1. The van der Waals surface area contributed by atoms with Crippen molar-refractivity contribution in [2.24, 2.45) is 0 Å². The largest absolute Gasteiger partial charge is 0.382 e. The molecule has 0 aliphatic rings. The average molecular weight is 233 g/mol. The SMILES string of the molecule is Clc1ccncc1NCCc1ccccc1. The van der Waals surface area contributed by atoms with Gasteiger partial charge in [-0.25, -0.2) is 0 Å². The summed E-state index contributed by atoms with van der Waals surface area (Å²) in [5, 5.41) is 3.98. The average Bonchev–Trinajstić information content (AvgIpc) is 2.33. The van der Waals surface area contributed by atoms with Gasteiger partial charge >= 0.3 is 0 Å². The standard InChI is InChI=1S/C13H13ClN2/c14-12-7-8-15-10-13(12)16-9-6-11-4-2-1-3-5-11/h1-5,7-8,10,16H,6,9H2. The molecule has 0 fully saturated rings. The molecule has 1 heterocycles. The fourth-order valence-electron chi connectivity index (χ4n) is 1.49. The van der Waals surface area contributed by atoms with Crippen molar-refractivity contribution in [2.45, 2.75) is 6.42 Å². The lowest BCUT2D eigenvalue weighted by Crippen LogP contribution is -2.05. The summed E-state index contributed by atoms with van der Waals surface area (Å²) in [6.45, 7) is 0.857. The predicted octanol–water partition coefficient (Wildman–Crippen LogP) is 3.39. The van der Waals surface area contributed by atoms with Crippen LogP contribution in [0, 0.1) is 0 Å². The minimum Gasteiger partial charge on any atom is -0.382 e. The Morgan fingerprint density at radius 1 is 1.12 bits per heavy atom. The van der Waals surface area contributed by atoms with Crippen LogP contribution in [-0.4, -0.2) is 11.5 Å². The molecular weight excluding hydrogens is 220 g/mol. The van der Waals surface area contributed by atoms with Crippen molar-refractivity contribution in [1.29, 1.82) is 0 Å². The zero-order chi connectivity index (χ0) is 11.2. The van der Waals surface area contributed by atoms with E-state index in [1.165, 1.54) is 5.56 Å². The van der Waals surface area contributed by atoms with Gasteiger partial charge in [-0.2, -0.15) is 0 Å². The van der Waals surface area contributed by atoms with Crippen LogP contribution in [0.1, 0.15) is 5.56 Å². The van der Waals surface area contributed by atoms with Crippen LogP contribution < -0.4 is 5.32 Å². The van der Waals surface area contributed by atoms with Crippen LogP contribution in [0.3, 0.4) is 0 Å². The zero-order valence-electron chi connectivity index (χ0n) is 8.86. The van der Waals surface area contributed by atoms with Crippen LogP contribution >= 0.6 is 11.6 Å². The lowest BCUT2D eigenvalue weighted by atomic mass is 10.1. The molecule has 0 amide bonds. The fraction of sp³-hybridized carbons (Fsp3) is 0.154. The van der Waals surface area contributed by atoms with E-state index >= 15 is 0 Å². The number of hydrogen-bond donors (Lipinski definition) is 1. The Bertz CT molecular complexity index is 443. The summed E-state index contributed by atoms with van der Waals surface area (Å²) < 4.78 is 0. The van der Waals surface area contributed by atoms with E-state index in [0.717, 1.165) is 18.7 Å². The smallest absolute Gasteiger partial charge is 0.0716 e. The zero-order valence-corrected chi connectivity index (χ0v) is 9.61. The molecule has 1 aromatic carbocycles. The Hall–Kier alpha value is -1.54. The first kappa shape index (κ1) is 11.0. The molecule has 2 nitrogen and oxygen atoms in total. The van der Waals surface area contributed by atoms with Gasteiger partial charge in [-0.05, 0) is 18.1 Å². The number of hydrogen-bond acceptors (Lipinski definition) is 2. The minimum absolute atomic E-state index is 0.711. The maximum atomic E-state index is 6.00. The van der Waals surface area contributed by atoms with E-state index in [0.29, 0.717) is 5.02 Å². The Balaban J connectivity index is 1.87. The normalized spacial score (nSPS) is 10.1. The van der Waals surface area contributed by atoms with E-state index < -0.39 is 0 Å². The Labute approximate surface area is 100 Å². The van der Waals surface area contributed by atoms with Crippen LogP contribution in [0.15, 0.2) is 48.8 Å². The van der Waals surface area contributed by atoms with Gasteiger partial charge in [0.2, 0.25) is 0 Å². The summed E-state index contributed by atoms with van der Waals surface area (Å²) in [5.74, 6) is 0. The number of aromatic nitrogens is 1. The van der Waals surface area contributed by atoms with Crippen molar-refractivity contribution in [3.63, 3.8) is 0 Å². The first-order valence-corrected chi connectivity index (χ1v) is 5.61. The van der Waals surface area contributed by atoms with Crippen molar-refractivity contribution in [3.05, 3.63) is 59.4 Å². The maximum Gasteiger partial charge on any atom is 0.0716 e. The summed E-state index contributed by atoms with van der Waals surface area (Å²) >= 11 is 6.00. The lowest BCUT2D eigenvalue weighted by molar-refractivity contribution is 1.02. The molecule has 0 unspecified atom stereocenters. The van der Waals surface area contributed by atoms with Gasteiger partial charge in [0.15, 0.2) is 0 Å². The fourth-order valence-corrected chi connectivity index (χ4v) is 1.67. The predicted molar refractivity (Wildman–Crippen MR) is 67.9 cm³/mol. The highest BCUT2D eigenvalue weighted by molar-refractivity contribution is 6.33. The molecule has 1 aromatic heterocycles. The van der Waals surface area contributed by atoms with E-state index in [2.05, 4.69) is 22.4 Å². The van der Waals surface area contributed by atoms with Crippen molar-refractivity contribution < 1.29 is 0 Å². The molecule has 2 aromatic rings. The Morgan fingerprint density at radius 3 is 2.69 bits per heavy atom. The van der Waals surface area contributed by atoms with Gasteiger partial charge in [0.05, 0.1) is 16.9 Å². The third-order valence-electron chi connectivity index (χ3n) is 2.34. The van der Waals surface area contributed by atoms with Crippen LogP contribution in [0.5, 0.6) is 0 Å². The highest BCUT2D eigenvalue weighted by atomic mass is 35.5. The third kappa shape index (κ3) is 2.97. The first-order chi connectivity index (χ1) is 7.86. The molecule has 0 saturated heterocycles. The summed E-state index contributed by atoms with van der Waals surface area (Å²) in [6.07, 6.45) is 4.41. The molecule has 3 heteroatoms. The van der Waals surface area contributed by atoms with E-state index in [9.17, 15) is 0 Å². The number of anilines is 1. The molecule has 16 heavy (non-hydrogen) atoms. The highest BCUT2D eigenvalue weighted by Gasteiger charge is 1.98. The summed E-state index contributed by atoms with van der Waals surface area (Å²) in [7, 11) is 0. The second-order valence-electron chi connectivity index (χ2n) is 3.52. The molecule has 2 rings (SSSR count). The third-order valence-corrected chi connectivity index (χ3v) is 2.67. The number of pyridine rings is 1. The minimum atomic E-state index is 0.711. The van der Waals surface area contributed by atoms with Gasteiger partial charge in [-0.1, -0.05) is 41.9 Å². The molecule has 0 radical (unpaired) electrons. The van der Waals surface area contributed by atoms with E-state index in [1.807, 2.05) is 18.2 Å². The number of rotatable bonds is 4. The van der Waals surface area contributed by atoms with Crippen molar-refractivity contribution >= 4 is 17.3 Å². The first-order valence-electron chi connectivity index (χ1n) is 5.23. The Morgan fingerprint density at radius 2 is 1.94 bits per heavy atom. The van der Waals surface area contributed by atoms with Crippen molar-refractivity contribution in [3.8, 4) is 0 Å².